The average Bonchev–Trinajstić information content (AvgIpc) is 1.97. The van der Waals surface area contributed by atoms with Crippen molar-refractivity contribution in [3.05, 3.63) is 0 Å². The lowest BCUT2D eigenvalue weighted by atomic mass is 10.2. The predicted octanol–water partition coefficient (Wildman–Crippen LogP) is 2.16. The van der Waals surface area contributed by atoms with Crippen LogP contribution in [-0.2, 0) is 0 Å². The summed E-state index contributed by atoms with van der Waals surface area (Å²) >= 11 is 0. The maximum Gasteiger partial charge on any atom is 0.0952 e. The second kappa shape index (κ2) is 6.20. The first kappa shape index (κ1) is 10.5. The predicted molar refractivity (Wildman–Crippen MR) is 51.2 cm³/mol. The van der Waals surface area contributed by atoms with Crippen LogP contribution >= 0.6 is 0 Å². The van der Waals surface area contributed by atoms with Gasteiger partial charge < -0.3 is 4.90 Å². The molecule has 0 atom stereocenters. The summed E-state index contributed by atoms with van der Waals surface area (Å²) in [7, 11) is 4.05. The molecule has 0 aromatic rings. The third kappa shape index (κ3) is 5.89. The van der Waals surface area contributed by atoms with E-state index in [1.807, 2.05) is 25.9 Å². The van der Waals surface area contributed by atoms with Gasteiger partial charge in [-0.15, -0.1) is 0 Å². The zero-order valence-electron chi connectivity index (χ0n) is 8.22. The Bertz CT molecular complexity index is 117. The number of hydrogen-bond donors (Lipinski definition) is 0. The van der Waals surface area contributed by atoms with Crippen molar-refractivity contribution in [2.45, 2.75) is 33.1 Å². The molecule has 0 rings (SSSR count). The molecule has 11 heavy (non-hydrogen) atoms. The quantitative estimate of drug-likeness (QED) is 0.346. The van der Waals surface area contributed by atoms with E-state index in [9.17, 15) is 0 Å². The first-order valence-corrected chi connectivity index (χ1v) is 4.36. The SMILES string of the molecule is CCCCC/N=C(\C)N(C)C. The zero-order chi connectivity index (χ0) is 8.69. The van der Waals surface area contributed by atoms with Gasteiger partial charge in [0.25, 0.3) is 0 Å². The van der Waals surface area contributed by atoms with Gasteiger partial charge in [-0.1, -0.05) is 19.8 Å². The lowest BCUT2D eigenvalue weighted by molar-refractivity contribution is 0.609. The summed E-state index contributed by atoms with van der Waals surface area (Å²) in [5, 5.41) is 0. The highest BCUT2D eigenvalue weighted by Crippen LogP contribution is 1.94. The van der Waals surface area contributed by atoms with Gasteiger partial charge in [-0.2, -0.15) is 0 Å². The molecule has 0 saturated carbocycles. The summed E-state index contributed by atoms with van der Waals surface area (Å²) in [5.74, 6) is 1.13. The molecule has 0 saturated heterocycles. The van der Waals surface area contributed by atoms with Gasteiger partial charge in [0.2, 0.25) is 0 Å². The largest absolute Gasteiger partial charge is 0.367 e. The molecule has 0 radical (unpaired) electrons. The van der Waals surface area contributed by atoms with Crippen LogP contribution in [0.3, 0.4) is 0 Å². The van der Waals surface area contributed by atoms with Gasteiger partial charge in [-0.3, -0.25) is 4.99 Å². The fraction of sp³-hybridized carbons (Fsp3) is 0.889. The Labute approximate surface area is 70.3 Å². The van der Waals surface area contributed by atoms with Crippen molar-refractivity contribution < 1.29 is 0 Å². The topological polar surface area (TPSA) is 15.6 Å². The number of amidine groups is 1. The van der Waals surface area contributed by atoms with Crippen molar-refractivity contribution in [2.24, 2.45) is 4.99 Å². The van der Waals surface area contributed by atoms with Gasteiger partial charge >= 0.3 is 0 Å². The van der Waals surface area contributed by atoms with Crippen LogP contribution in [0.4, 0.5) is 0 Å². The summed E-state index contributed by atoms with van der Waals surface area (Å²) < 4.78 is 0. The Morgan fingerprint density at radius 2 is 1.91 bits per heavy atom. The second-order valence-corrected chi connectivity index (χ2v) is 3.03. The van der Waals surface area contributed by atoms with Crippen LogP contribution in [0, 0.1) is 0 Å². The van der Waals surface area contributed by atoms with Crippen LogP contribution in [0.25, 0.3) is 0 Å². The molecular formula is C9H20N2. The van der Waals surface area contributed by atoms with Gasteiger partial charge in [0.15, 0.2) is 0 Å². The Hall–Kier alpha value is -0.530. The van der Waals surface area contributed by atoms with Crippen LogP contribution in [0.5, 0.6) is 0 Å². The summed E-state index contributed by atoms with van der Waals surface area (Å²) in [4.78, 5) is 6.45. The lowest BCUT2D eigenvalue weighted by Crippen LogP contribution is -2.18. The molecule has 0 aromatic carbocycles. The molecule has 0 aromatic heterocycles. The summed E-state index contributed by atoms with van der Waals surface area (Å²) in [6.07, 6.45) is 3.79. The molecule has 66 valence electrons. The van der Waals surface area contributed by atoms with E-state index in [1.165, 1.54) is 19.3 Å². The van der Waals surface area contributed by atoms with Gasteiger partial charge in [0.1, 0.15) is 0 Å². The molecule has 2 nitrogen and oxygen atoms in total. The van der Waals surface area contributed by atoms with E-state index in [1.54, 1.807) is 0 Å². The monoisotopic (exact) mass is 156 g/mol. The van der Waals surface area contributed by atoms with Crippen LogP contribution in [0.1, 0.15) is 33.1 Å². The van der Waals surface area contributed by atoms with Crippen LogP contribution in [-0.4, -0.2) is 31.4 Å². The molecule has 0 bridgehead atoms. The van der Waals surface area contributed by atoms with E-state index in [-0.39, 0.29) is 0 Å². The number of aliphatic imine (C=N–C) groups is 1. The number of hydrogen-bond acceptors (Lipinski definition) is 1. The minimum atomic E-state index is 0.984. The summed E-state index contributed by atoms with van der Waals surface area (Å²) in [6, 6.07) is 0. The molecular weight excluding hydrogens is 136 g/mol. The van der Waals surface area contributed by atoms with Gasteiger partial charge in [-0.05, 0) is 13.3 Å². The van der Waals surface area contributed by atoms with Gasteiger partial charge in [0.05, 0.1) is 5.84 Å². The van der Waals surface area contributed by atoms with Crippen LogP contribution in [0.15, 0.2) is 4.99 Å². The molecule has 0 aliphatic carbocycles. The Morgan fingerprint density at radius 3 is 2.36 bits per heavy atom. The highest BCUT2D eigenvalue weighted by molar-refractivity contribution is 5.79. The third-order valence-corrected chi connectivity index (χ3v) is 1.75. The molecule has 0 unspecified atom stereocenters. The van der Waals surface area contributed by atoms with Crippen LogP contribution < -0.4 is 0 Å². The van der Waals surface area contributed by atoms with Crippen molar-refractivity contribution in [3.63, 3.8) is 0 Å². The van der Waals surface area contributed by atoms with Crippen molar-refractivity contribution in [1.29, 1.82) is 0 Å². The Kier molecular flexibility index (Phi) is 5.90. The lowest BCUT2D eigenvalue weighted by Gasteiger charge is -2.10. The third-order valence-electron chi connectivity index (χ3n) is 1.75. The van der Waals surface area contributed by atoms with Crippen molar-refractivity contribution >= 4 is 5.84 Å². The average molecular weight is 156 g/mol. The molecule has 0 fully saturated rings. The zero-order valence-corrected chi connectivity index (χ0v) is 8.22. The Morgan fingerprint density at radius 1 is 1.27 bits per heavy atom. The van der Waals surface area contributed by atoms with E-state index in [4.69, 9.17) is 0 Å². The first-order valence-electron chi connectivity index (χ1n) is 4.36. The summed E-state index contributed by atoms with van der Waals surface area (Å²) in [5.41, 5.74) is 0. The van der Waals surface area contributed by atoms with Crippen molar-refractivity contribution in [1.82, 2.24) is 4.90 Å². The highest BCUT2D eigenvalue weighted by Gasteiger charge is 1.90. The molecule has 0 N–H and O–H groups in total. The molecule has 0 aliphatic heterocycles. The molecule has 0 aliphatic rings. The van der Waals surface area contributed by atoms with E-state index < -0.39 is 0 Å². The second-order valence-electron chi connectivity index (χ2n) is 3.03. The van der Waals surface area contributed by atoms with E-state index >= 15 is 0 Å². The fourth-order valence-electron chi connectivity index (χ4n) is 0.744. The molecule has 2 heteroatoms. The number of rotatable bonds is 4. The fourth-order valence-corrected chi connectivity index (χ4v) is 0.744. The van der Waals surface area contributed by atoms with E-state index in [0.29, 0.717) is 0 Å². The van der Waals surface area contributed by atoms with Crippen molar-refractivity contribution in [3.8, 4) is 0 Å². The maximum absolute atomic E-state index is 4.40. The summed E-state index contributed by atoms with van der Waals surface area (Å²) in [6.45, 7) is 5.24. The maximum atomic E-state index is 4.40. The van der Waals surface area contributed by atoms with Crippen LogP contribution in [0.2, 0.25) is 0 Å². The molecule has 0 heterocycles. The highest BCUT2D eigenvalue weighted by atomic mass is 15.1. The minimum absolute atomic E-state index is 0.984. The van der Waals surface area contributed by atoms with E-state index in [0.717, 1.165) is 12.4 Å². The van der Waals surface area contributed by atoms with Crippen molar-refractivity contribution in [2.75, 3.05) is 20.6 Å². The minimum Gasteiger partial charge on any atom is -0.367 e. The standard InChI is InChI=1S/C9H20N2/c1-5-6-7-8-10-9(2)11(3)4/h5-8H2,1-4H3/b10-9+. The molecule has 0 amide bonds. The first-order chi connectivity index (χ1) is 5.18. The smallest absolute Gasteiger partial charge is 0.0952 e. The number of nitrogens with zero attached hydrogens (tertiary/aromatic N) is 2. The Balaban J connectivity index is 3.40. The van der Waals surface area contributed by atoms with E-state index in [2.05, 4.69) is 11.9 Å². The van der Waals surface area contributed by atoms with Gasteiger partial charge in [0, 0.05) is 20.6 Å². The normalized spacial score (nSPS) is 11.8. The molecule has 0 spiro atoms. The van der Waals surface area contributed by atoms with Gasteiger partial charge in [-0.25, -0.2) is 0 Å². The number of unbranched alkanes of at least 4 members (excludes halogenated alkanes) is 2.